The van der Waals surface area contributed by atoms with E-state index in [4.69, 9.17) is 0 Å². The van der Waals surface area contributed by atoms with Crippen molar-refractivity contribution in [3.63, 3.8) is 0 Å². The molecule has 4 aliphatic carbocycles. The van der Waals surface area contributed by atoms with Crippen LogP contribution in [0.25, 0.3) is 0 Å². The van der Waals surface area contributed by atoms with Gasteiger partial charge in [-0.3, -0.25) is 4.79 Å². The average molecular weight is 205 g/mol. The molecule has 5 atom stereocenters. The Labute approximate surface area is 90.8 Å². The van der Waals surface area contributed by atoms with E-state index < -0.39 is 0 Å². The highest BCUT2D eigenvalue weighted by Gasteiger charge is 2.58. The van der Waals surface area contributed by atoms with Crippen LogP contribution >= 0.6 is 0 Å². The Kier molecular flexibility index (Phi) is 1.48. The molecule has 0 aromatic heterocycles. The monoisotopic (exact) mass is 205 g/mol. The van der Waals surface area contributed by atoms with Gasteiger partial charge in [-0.25, -0.2) is 0 Å². The largest absolute Gasteiger partial charge is 0.356 e. The molecule has 3 unspecified atom stereocenters. The SMILES string of the molecule is O=C1CC23C[C@@H]4CC(C[C@@H](C4)C2)C3CN1. The zero-order valence-corrected chi connectivity index (χ0v) is 9.17. The van der Waals surface area contributed by atoms with Crippen LogP contribution in [-0.4, -0.2) is 12.5 Å². The number of hydrogen-bond acceptors (Lipinski definition) is 1. The van der Waals surface area contributed by atoms with Crippen molar-refractivity contribution >= 4 is 5.91 Å². The lowest BCUT2D eigenvalue weighted by atomic mass is 9.43. The molecular weight excluding hydrogens is 186 g/mol. The fraction of sp³-hybridized carbons (Fsp3) is 0.923. The summed E-state index contributed by atoms with van der Waals surface area (Å²) in [4.78, 5) is 11.6. The molecule has 2 heteroatoms. The summed E-state index contributed by atoms with van der Waals surface area (Å²) in [6, 6.07) is 0. The lowest BCUT2D eigenvalue weighted by Crippen LogP contribution is -2.60. The fourth-order valence-corrected chi connectivity index (χ4v) is 5.58. The summed E-state index contributed by atoms with van der Waals surface area (Å²) in [5.74, 6) is 4.07. The molecule has 1 N–H and O–H groups in total. The first-order valence-electron chi connectivity index (χ1n) is 6.52. The maximum Gasteiger partial charge on any atom is 0.220 e. The second-order valence-electron chi connectivity index (χ2n) is 6.56. The normalized spacial score (nSPS) is 56.4. The van der Waals surface area contributed by atoms with Crippen molar-refractivity contribution < 1.29 is 4.79 Å². The Bertz CT molecular complexity index is 310. The van der Waals surface area contributed by atoms with Gasteiger partial charge in [-0.1, -0.05) is 0 Å². The quantitative estimate of drug-likeness (QED) is 0.643. The Balaban J connectivity index is 1.75. The molecule has 0 radical (unpaired) electrons. The Morgan fingerprint density at radius 1 is 1.13 bits per heavy atom. The van der Waals surface area contributed by atoms with Crippen molar-refractivity contribution in [3.8, 4) is 0 Å². The van der Waals surface area contributed by atoms with Crippen LogP contribution in [0.1, 0.15) is 38.5 Å². The van der Waals surface area contributed by atoms with Crippen molar-refractivity contribution in [2.45, 2.75) is 38.5 Å². The second-order valence-corrected chi connectivity index (χ2v) is 6.56. The fourth-order valence-electron chi connectivity index (χ4n) is 5.58. The van der Waals surface area contributed by atoms with Gasteiger partial charge in [0.1, 0.15) is 0 Å². The molecule has 1 spiro atoms. The molecule has 1 aliphatic heterocycles. The van der Waals surface area contributed by atoms with Gasteiger partial charge in [0.25, 0.3) is 0 Å². The van der Waals surface area contributed by atoms with Crippen molar-refractivity contribution in [1.82, 2.24) is 5.32 Å². The van der Waals surface area contributed by atoms with E-state index in [0.717, 1.165) is 36.6 Å². The minimum Gasteiger partial charge on any atom is -0.356 e. The molecule has 5 fully saturated rings. The number of carbonyl (C=O) groups is 1. The number of carbonyl (C=O) groups excluding carboxylic acids is 1. The molecule has 4 bridgehead atoms. The highest BCUT2D eigenvalue weighted by molar-refractivity contribution is 5.77. The molecule has 0 aromatic rings. The van der Waals surface area contributed by atoms with Gasteiger partial charge in [0.15, 0.2) is 0 Å². The Hall–Kier alpha value is -0.530. The van der Waals surface area contributed by atoms with Gasteiger partial charge in [0.2, 0.25) is 5.91 Å². The van der Waals surface area contributed by atoms with Gasteiger partial charge in [-0.15, -0.1) is 0 Å². The highest BCUT2D eigenvalue weighted by Crippen LogP contribution is 2.64. The maximum atomic E-state index is 11.6. The number of hydrogen-bond donors (Lipinski definition) is 1. The predicted octanol–water partition coefficient (Wildman–Crippen LogP) is 1.95. The van der Waals surface area contributed by atoms with Crippen LogP contribution in [0.2, 0.25) is 0 Å². The molecule has 0 aromatic carbocycles. The zero-order valence-electron chi connectivity index (χ0n) is 9.17. The van der Waals surface area contributed by atoms with Crippen molar-refractivity contribution in [2.75, 3.05) is 6.54 Å². The number of rotatable bonds is 0. The van der Waals surface area contributed by atoms with Crippen LogP contribution in [0.15, 0.2) is 0 Å². The van der Waals surface area contributed by atoms with Crippen molar-refractivity contribution in [3.05, 3.63) is 0 Å². The van der Waals surface area contributed by atoms with Crippen LogP contribution in [0, 0.1) is 29.1 Å². The van der Waals surface area contributed by atoms with Gasteiger partial charge in [0, 0.05) is 13.0 Å². The van der Waals surface area contributed by atoms with E-state index in [-0.39, 0.29) is 0 Å². The highest BCUT2D eigenvalue weighted by atomic mass is 16.1. The van der Waals surface area contributed by atoms with E-state index in [1.165, 1.54) is 32.1 Å². The van der Waals surface area contributed by atoms with Crippen LogP contribution in [0.5, 0.6) is 0 Å². The first kappa shape index (κ1) is 8.60. The Morgan fingerprint density at radius 3 is 2.60 bits per heavy atom. The van der Waals surface area contributed by atoms with Gasteiger partial charge >= 0.3 is 0 Å². The molecule has 4 saturated carbocycles. The first-order valence-corrected chi connectivity index (χ1v) is 6.52. The summed E-state index contributed by atoms with van der Waals surface area (Å²) in [7, 11) is 0. The van der Waals surface area contributed by atoms with E-state index in [2.05, 4.69) is 5.32 Å². The summed E-state index contributed by atoms with van der Waals surface area (Å²) >= 11 is 0. The van der Waals surface area contributed by atoms with E-state index in [1.807, 2.05) is 0 Å². The lowest BCUT2D eigenvalue weighted by Gasteiger charge is -2.62. The molecule has 1 saturated heterocycles. The van der Waals surface area contributed by atoms with Crippen LogP contribution in [0.4, 0.5) is 0 Å². The third kappa shape index (κ3) is 1.03. The van der Waals surface area contributed by atoms with Gasteiger partial charge in [0.05, 0.1) is 0 Å². The third-order valence-electron chi connectivity index (χ3n) is 5.72. The smallest absolute Gasteiger partial charge is 0.220 e. The number of piperidine rings is 1. The van der Waals surface area contributed by atoms with Crippen LogP contribution < -0.4 is 5.32 Å². The van der Waals surface area contributed by atoms with Crippen LogP contribution in [-0.2, 0) is 4.79 Å². The third-order valence-corrected chi connectivity index (χ3v) is 5.72. The maximum absolute atomic E-state index is 11.6. The average Bonchev–Trinajstić information content (AvgIpc) is 2.14. The number of amides is 1. The number of nitrogens with one attached hydrogen (secondary N) is 1. The van der Waals surface area contributed by atoms with Gasteiger partial charge in [-0.2, -0.15) is 0 Å². The van der Waals surface area contributed by atoms with E-state index >= 15 is 0 Å². The van der Waals surface area contributed by atoms with E-state index in [1.54, 1.807) is 0 Å². The predicted molar refractivity (Wildman–Crippen MR) is 57.1 cm³/mol. The van der Waals surface area contributed by atoms with E-state index in [0.29, 0.717) is 11.3 Å². The summed E-state index contributed by atoms with van der Waals surface area (Å²) in [5.41, 5.74) is 0.455. The van der Waals surface area contributed by atoms with Crippen molar-refractivity contribution in [1.29, 1.82) is 0 Å². The molecule has 2 nitrogen and oxygen atoms in total. The molecule has 5 aliphatic rings. The minimum absolute atomic E-state index is 0.327. The van der Waals surface area contributed by atoms with E-state index in [9.17, 15) is 4.79 Å². The van der Waals surface area contributed by atoms with Crippen LogP contribution in [0.3, 0.4) is 0 Å². The topological polar surface area (TPSA) is 29.1 Å². The van der Waals surface area contributed by atoms with Crippen molar-refractivity contribution in [2.24, 2.45) is 29.1 Å². The second kappa shape index (κ2) is 2.58. The molecule has 1 heterocycles. The van der Waals surface area contributed by atoms with Gasteiger partial charge in [-0.05, 0) is 61.2 Å². The summed E-state index contributed by atoms with van der Waals surface area (Å²) in [6.07, 6.45) is 8.02. The minimum atomic E-state index is 0.327. The summed E-state index contributed by atoms with van der Waals surface area (Å²) < 4.78 is 0. The standard InChI is InChI=1S/C13H19NO/c15-12-6-13-4-8-1-9(5-13)3-10(2-8)11(13)7-14-12/h8-11H,1-7H2,(H,14,15)/t8-,9+,10?,11?,13?. The summed E-state index contributed by atoms with van der Waals surface area (Å²) in [6.45, 7) is 0.989. The molecule has 1 amide bonds. The molecule has 15 heavy (non-hydrogen) atoms. The molecule has 5 rings (SSSR count). The lowest BCUT2D eigenvalue weighted by molar-refractivity contribution is -0.151. The Morgan fingerprint density at radius 2 is 1.87 bits per heavy atom. The van der Waals surface area contributed by atoms with Gasteiger partial charge < -0.3 is 5.32 Å². The first-order chi connectivity index (χ1) is 7.25. The summed E-state index contributed by atoms with van der Waals surface area (Å²) in [5, 5.41) is 3.10. The zero-order chi connectivity index (χ0) is 10.0. The molecular formula is C13H19NO. The molecule has 82 valence electrons.